The maximum absolute atomic E-state index is 9.46. The van der Waals surface area contributed by atoms with Gasteiger partial charge in [0.2, 0.25) is 6.79 Å². The maximum Gasteiger partial charge on any atom is 0.231 e. The van der Waals surface area contributed by atoms with Crippen molar-refractivity contribution >= 4 is 16.3 Å². The van der Waals surface area contributed by atoms with Crippen LogP contribution in [0.1, 0.15) is 10.6 Å². The molecule has 102 valence electrons. The fourth-order valence-electron chi connectivity index (χ4n) is 2.51. The van der Waals surface area contributed by atoms with Gasteiger partial charge in [-0.3, -0.25) is 4.40 Å². The Kier molecular flexibility index (Phi) is 2.48. The highest BCUT2D eigenvalue weighted by atomic mass is 32.1. The molecular weight excluding hydrogens is 276 g/mol. The Hall–Kier alpha value is -2.05. The molecule has 0 aliphatic carbocycles. The predicted molar refractivity (Wildman–Crippen MR) is 75.3 cm³/mol. The Morgan fingerprint density at radius 2 is 2.20 bits per heavy atom. The summed E-state index contributed by atoms with van der Waals surface area (Å²) >= 11 is 1.61. The number of aliphatic hydroxyl groups is 1. The molecule has 3 heterocycles. The molecule has 1 N–H and O–H groups in total. The molecule has 1 aromatic carbocycles. The molecule has 6 heteroatoms. The number of fused-ring (bicyclic) bond motifs is 2. The van der Waals surface area contributed by atoms with E-state index in [0.29, 0.717) is 0 Å². The quantitative estimate of drug-likeness (QED) is 0.787. The van der Waals surface area contributed by atoms with Gasteiger partial charge in [0, 0.05) is 10.4 Å². The van der Waals surface area contributed by atoms with Crippen LogP contribution in [0.3, 0.4) is 0 Å². The molecule has 0 atom stereocenters. The van der Waals surface area contributed by atoms with E-state index in [1.165, 1.54) is 0 Å². The number of hydrogen-bond acceptors (Lipinski definition) is 5. The van der Waals surface area contributed by atoms with E-state index >= 15 is 0 Å². The molecule has 0 bridgehead atoms. The molecule has 0 unspecified atom stereocenters. The van der Waals surface area contributed by atoms with Crippen LogP contribution in [0.5, 0.6) is 11.5 Å². The smallest absolute Gasteiger partial charge is 0.231 e. The number of aromatic nitrogens is 2. The Labute approximate surface area is 119 Å². The number of thiazole rings is 1. The summed E-state index contributed by atoms with van der Waals surface area (Å²) in [6, 6.07) is 5.89. The topological polar surface area (TPSA) is 56.0 Å². The highest BCUT2D eigenvalue weighted by molar-refractivity contribution is 7.17. The molecule has 0 amide bonds. The number of ether oxygens (including phenoxy) is 2. The molecule has 5 nitrogen and oxygen atoms in total. The Balaban J connectivity index is 1.97. The van der Waals surface area contributed by atoms with Gasteiger partial charge in [-0.15, -0.1) is 11.3 Å². The number of aliphatic hydroxyl groups excluding tert-OH is 1. The highest BCUT2D eigenvalue weighted by Gasteiger charge is 2.19. The molecule has 0 spiro atoms. The van der Waals surface area contributed by atoms with Gasteiger partial charge in [0.1, 0.15) is 0 Å². The van der Waals surface area contributed by atoms with Crippen LogP contribution in [0.2, 0.25) is 0 Å². The molecule has 3 aromatic rings. The van der Waals surface area contributed by atoms with Crippen molar-refractivity contribution in [2.24, 2.45) is 0 Å². The van der Waals surface area contributed by atoms with E-state index in [0.717, 1.165) is 38.3 Å². The number of rotatable bonds is 2. The summed E-state index contributed by atoms with van der Waals surface area (Å²) in [5.41, 5.74) is 2.87. The Morgan fingerprint density at radius 1 is 1.35 bits per heavy atom. The van der Waals surface area contributed by atoms with Crippen molar-refractivity contribution in [3.8, 4) is 22.8 Å². The molecule has 20 heavy (non-hydrogen) atoms. The van der Waals surface area contributed by atoms with Crippen molar-refractivity contribution in [2.45, 2.75) is 13.5 Å². The average Bonchev–Trinajstić information content (AvgIpc) is 3.11. The van der Waals surface area contributed by atoms with Gasteiger partial charge in [0.25, 0.3) is 0 Å². The molecule has 1 aliphatic heterocycles. The lowest BCUT2D eigenvalue weighted by Crippen LogP contribution is -1.94. The van der Waals surface area contributed by atoms with E-state index < -0.39 is 0 Å². The minimum atomic E-state index is -0.0328. The van der Waals surface area contributed by atoms with Crippen LogP contribution in [0, 0.1) is 6.92 Å². The summed E-state index contributed by atoms with van der Waals surface area (Å²) in [6.07, 6.45) is 1.71. The van der Waals surface area contributed by atoms with E-state index in [-0.39, 0.29) is 13.4 Å². The van der Waals surface area contributed by atoms with Crippen molar-refractivity contribution in [3.63, 3.8) is 0 Å². The Bertz CT molecular complexity index is 806. The molecule has 2 aromatic heterocycles. The third kappa shape index (κ3) is 1.55. The van der Waals surface area contributed by atoms with Gasteiger partial charge >= 0.3 is 0 Å². The monoisotopic (exact) mass is 288 g/mol. The number of hydrogen-bond donors (Lipinski definition) is 1. The van der Waals surface area contributed by atoms with Crippen LogP contribution in [0.25, 0.3) is 16.2 Å². The summed E-state index contributed by atoms with van der Waals surface area (Å²) in [4.78, 5) is 6.38. The summed E-state index contributed by atoms with van der Waals surface area (Å²) in [5, 5.41) is 9.46. The minimum Gasteiger partial charge on any atom is -0.454 e. The summed E-state index contributed by atoms with van der Waals surface area (Å²) in [6.45, 7) is 2.29. The first-order chi connectivity index (χ1) is 9.78. The van der Waals surface area contributed by atoms with Crippen molar-refractivity contribution in [1.29, 1.82) is 0 Å². The zero-order valence-electron chi connectivity index (χ0n) is 10.8. The zero-order chi connectivity index (χ0) is 13.7. The number of benzene rings is 1. The number of aryl methyl sites for hydroxylation is 1. The van der Waals surface area contributed by atoms with Crippen LogP contribution >= 0.6 is 11.3 Å². The summed E-state index contributed by atoms with van der Waals surface area (Å²) in [5.74, 6) is 1.53. The highest BCUT2D eigenvalue weighted by Crippen LogP contribution is 2.39. The second kappa shape index (κ2) is 4.22. The van der Waals surface area contributed by atoms with Crippen LogP contribution in [-0.4, -0.2) is 21.3 Å². The van der Waals surface area contributed by atoms with Gasteiger partial charge in [-0.1, -0.05) is 0 Å². The molecule has 0 saturated carbocycles. The maximum atomic E-state index is 9.46. The lowest BCUT2D eigenvalue weighted by atomic mass is 10.1. The first-order valence-electron chi connectivity index (χ1n) is 6.24. The van der Waals surface area contributed by atoms with Crippen molar-refractivity contribution < 1.29 is 14.6 Å². The molecule has 1 aliphatic rings. The SMILES string of the molecule is Cc1sc2ncc(CO)n2c1-c1ccc2c(c1)OCO2. The van der Waals surface area contributed by atoms with Crippen LogP contribution in [-0.2, 0) is 6.61 Å². The normalized spacial score (nSPS) is 13.3. The first kappa shape index (κ1) is 11.7. The largest absolute Gasteiger partial charge is 0.454 e. The second-order valence-corrected chi connectivity index (χ2v) is 5.78. The Morgan fingerprint density at radius 3 is 3.05 bits per heavy atom. The third-order valence-corrected chi connectivity index (χ3v) is 4.38. The molecule has 0 fully saturated rings. The standard InChI is InChI=1S/C14H12N2O3S/c1-8-13(16-10(6-17)5-15-14(16)20-8)9-2-3-11-12(4-9)19-7-18-11/h2-5,17H,6-7H2,1H3. The van der Waals surface area contributed by atoms with Gasteiger partial charge < -0.3 is 14.6 Å². The van der Waals surface area contributed by atoms with Crippen molar-refractivity contribution in [2.75, 3.05) is 6.79 Å². The lowest BCUT2D eigenvalue weighted by molar-refractivity contribution is 0.174. The van der Waals surface area contributed by atoms with E-state index in [1.807, 2.05) is 22.6 Å². The summed E-state index contributed by atoms with van der Waals surface area (Å²) in [7, 11) is 0. The van der Waals surface area contributed by atoms with E-state index in [9.17, 15) is 5.11 Å². The first-order valence-corrected chi connectivity index (χ1v) is 7.06. The van der Waals surface area contributed by atoms with Crippen molar-refractivity contribution in [3.05, 3.63) is 35.0 Å². The van der Waals surface area contributed by atoms with Gasteiger partial charge in [0.15, 0.2) is 16.5 Å². The molecule has 4 rings (SSSR count). The fourth-order valence-corrected chi connectivity index (χ4v) is 3.49. The van der Waals surface area contributed by atoms with Gasteiger partial charge in [-0.25, -0.2) is 4.98 Å². The van der Waals surface area contributed by atoms with E-state index in [2.05, 4.69) is 11.9 Å². The number of nitrogens with zero attached hydrogens (tertiary/aromatic N) is 2. The lowest BCUT2D eigenvalue weighted by Gasteiger charge is -2.06. The van der Waals surface area contributed by atoms with Gasteiger partial charge in [-0.2, -0.15) is 0 Å². The van der Waals surface area contributed by atoms with Gasteiger partial charge in [-0.05, 0) is 25.1 Å². The van der Waals surface area contributed by atoms with E-state index in [4.69, 9.17) is 9.47 Å². The molecule has 0 saturated heterocycles. The molecule has 0 radical (unpaired) electrons. The van der Waals surface area contributed by atoms with Crippen molar-refractivity contribution in [1.82, 2.24) is 9.38 Å². The average molecular weight is 288 g/mol. The van der Waals surface area contributed by atoms with Crippen LogP contribution < -0.4 is 9.47 Å². The van der Waals surface area contributed by atoms with Gasteiger partial charge in [0.05, 0.1) is 24.2 Å². The summed E-state index contributed by atoms with van der Waals surface area (Å²) < 4.78 is 12.8. The minimum absolute atomic E-state index is 0.0328. The zero-order valence-corrected chi connectivity index (χ0v) is 11.6. The number of imidazole rings is 1. The second-order valence-electron chi connectivity index (χ2n) is 4.60. The van der Waals surface area contributed by atoms with Crippen LogP contribution in [0.15, 0.2) is 24.4 Å². The van der Waals surface area contributed by atoms with Crippen LogP contribution in [0.4, 0.5) is 0 Å². The van der Waals surface area contributed by atoms with E-state index in [1.54, 1.807) is 17.5 Å². The fraction of sp³-hybridized carbons (Fsp3) is 0.214. The third-order valence-electron chi connectivity index (χ3n) is 3.41. The predicted octanol–water partition coefficient (Wildman–Crippen LogP) is 2.59. The molecular formula is C14H12N2O3S.